The third-order valence-electron chi connectivity index (χ3n) is 6.95. The summed E-state index contributed by atoms with van der Waals surface area (Å²) in [5.41, 5.74) is 3.19. The van der Waals surface area contributed by atoms with Crippen LogP contribution in [0.4, 0.5) is 11.5 Å². The molecule has 0 radical (unpaired) electrons. The number of hydrogen-bond donors (Lipinski definition) is 3. The molecule has 0 atom stereocenters. The maximum absolute atomic E-state index is 6.02. The van der Waals surface area contributed by atoms with Crippen LogP contribution in [0, 0.1) is 5.92 Å². The van der Waals surface area contributed by atoms with Crippen molar-refractivity contribution in [2.75, 3.05) is 44.5 Å². The number of nitrogens with zero attached hydrogens (tertiary/aromatic N) is 2. The number of methoxy groups -OCH3 is 2. The van der Waals surface area contributed by atoms with Crippen molar-refractivity contribution in [2.45, 2.75) is 25.9 Å². The molecule has 3 N–H and O–H groups in total. The van der Waals surface area contributed by atoms with Gasteiger partial charge in [0, 0.05) is 59.6 Å². The smallest absolute Gasteiger partial charge is 0.213 e. The average molecular weight is 514 g/mol. The van der Waals surface area contributed by atoms with E-state index in [4.69, 9.17) is 14.2 Å². The minimum Gasteiger partial charge on any atom is -0.497 e. The molecule has 1 saturated heterocycles. The number of anilines is 2. The monoisotopic (exact) mass is 513 g/mol. The molecule has 3 heterocycles. The van der Waals surface area contributed by atoms with Crippen LogP contribution in [0.1, 0.15) is 24.0 Å². The van der Waals surface area contributed by atoms with E-state index in [-0.39, 0.29) is 0 Å². The summed E-state index contributed by atoms with van der Waals surface area (Å²) in [6, 6.07) is 18.1. The van der Waals surface area contributed by atoms with Crippen LogP contribution in [0.15, 0.2) is 67.0 Å². The first-order valence-electron chi connectivity index (χ1n) is 13.1. The zero-order chi connectivity index (χ0) is 26.2. The first kappa shape index (κ1) is 25.6. The lowest BCUT2D eigenvalue weighted by atomic mass is 9.99. The zero-order valence-corrected chi connectivity index (χ0v) is 22.0. The molecule has 0 spiro atoms. The number of piperidine rings is 1. The largest absolute Gasteiger partial charge is 0.497 e. The summed E-state index contributed by atoms with van der Waals surface area (Å²) in [6.07, 6.45) is 5.96. The predicted octanol–water partition coefficient (Wildman–Crippen LogP) is 5.25. The average Bonchev–Trinajstić information content (AvgIpc) is 2.98. The molecule has 1 aliphatic rings. The van der Waals surface area contributed by atoms with Crippen molar-refractivity contribution < 1.29 is 14.2 Å². The molecule has 0 aliphatic carbocycles. The highest BCUT2D eigenvalue weighted by Gasteiger charge is 2.14. The van der Waals surface area contributed by atoms with Gasteiger partial charge in [0.25, 0.3) is 0 Å². The van der Waals surface area contributed by atoms with Gasteiger partial charge in [-0.3, -0.25) is 0 Å². The standard InChI is InChI=1S/C30H35N5O3/c1-36-24-7-6-23(28(17-24)37-2)19-35-30-26-4-3-5-27(25(26)11-15-33-30)34-18-22-10-14-32-29(16-22)38-20-21-8-12-31-13-9-21/h3-7,10-11,14-17,21,31,34H,8-9,12-13,18-20H2,1-2H3,(H,33,35). The molecule has 0 bridgehead atoms. The van der Waals surface area contributed by atoms with Gasteiger partial charge in [0.15, 0.2) is 0 Å². The van der Waals surface area contributed by atoms with Crippen LogP contribution in [0.25, 0.3) is 10.8 Å². The fraction of sp³-hybridized carbons (Fsp3) is 0.333. The van der Waals surface area contributed by atoms with Gasteiger partial charge in [0.05, 0.1) is 20.8 Å². The normalized spacial score (nSPS) is 13.7. The van der Waals surface area contributed by atoms with E-state index in [1.54, 1.807) is 14.2 Å². The maximum Gasteiger partial charge on any atom is 0.213 e. The van der Waals surface area contributed by atoms with E-state index in [0.29, 0.717) is 24.9 Å². The Kier molecular flexibility index (Phi) is 8.40. The summed E-state index contributed by atoms with van der Waals surface area (Å²) in [5, 5.41) is 12.6. The summed E-state index contributed by atoms with van der Waals surface area (Å²) >= 11 is 0. The van der Waals surface area contributed by atoms with E-state index in [1.165, 1.54) is 0 Å². The highest BCUT2D eigenvalue weighted by Crippen LogP contribution is 2.30. The second kappa shape index (κ2) is 12.5. The van der Waals surface area contributed by atoms with Crippen LogP contribution in [0.2, 0.25) is 0 Å². The molecule has 0 unspecified atom stereocenters. The third kappa shape index (κ3) is 6.26. The summed E-state index contributed by atoms with van der Waals surface area (Å²) in [5.74, 6) is 3.64. The van der Waals surface area contributed by atoms with Gasteiger partial charge in [0.1, 0.15) is 17.3 Å². The Morgan fingerprint density at radius 1 is 0.868 bits per heavy atom. The Labute approximate surface area is 223 Å². The molecule has 4 aromatic rings. The number of rotatable bonds is 11. The topological polar surface area (TPSA) is 89.6 Å². The van der Waals surface area contributed by atoms with Gasteiger partial charge < -0.3 is 30.2 Å². The van der Waals surface area contributed by atoms with E-state index in [0.717, 1.165) is 77.4 Å². The summed E-state index contributed by atoms with van der Waals surface area (Å²) < 4.78 is 16.9. The molecule has 2 aromatic carbocycles. The number of aromatic nitrogens is 2. The number of nitrogens with one attached hydrogen (secondary N) is 3. The summed E-state index contributed by atoms with van der Waals surface area (Å²) in [6.45, 7) is 4.10. The van der Waals surface area contributed by atoms with Gasteiger partial charge >= 0.3 is 0 Å². The number of pyridine rings is 2. The highest BCUT2D eigenvalue weighted by atomic mass is 16.5. The van der Waals surface area contributed by atoms with Crippen LogP contribution in [-0.4, -0.2) is 43.9 Å². The summed E-state index contributed by atoms with van der Waals surface area (Å²) in [4.78, 5) is 9.02. The molecule has 5 rings (SSSR count). The van der Waals surface area contributed by atoms with Gasteiger partial charge in [-0.15, -0.1) is 0 Å². The fourth-order valence-corrected chi connectivity index (χ4v) is 4.77. The van der Waals surface area contributed by atoms with E-state index < -0.39 is 0 Å². The van der Waals surface area contributed by atoms with Crippen LogP contribution in [0.3, 0.4) is 0 Å². The van der Waals surface area contributed by atoms with Crippen molar-refractivity contribution in [1.82, 2.24) is 15.3 Å². The Morgan fingerprint density at radius 2 is 1.74 bits per heavy atom. The van der Waals surface area contributed by atoms with Crippen LogP contribution in [0.5, 0.6) is 17.4 Å². The minimum absolute atomic E-state index is 0.577. The lowest BCUT2D eigenvalue weighted by Gasteiger charge is -2.22. The molecular formula is C30H35N5O3. The van der Waals surface area contributed by atoms with Crippen molar-refractivity contribution in [3.05, 3.63) is 78.1 Å². The van der Waals surface area contributed by atoms with E-state index in [9.17, 15) is 0 Å². The first-order valence-corrected chi connectivity index (χ1v) is 13.1. The van der Waals surface area contributed by atoms with Crippen LogP contribution >= 0.6 is 0 Å². The molecule has 0 saturated carbocycles. The number of fused-ring (bicyclic) bond motifs is 1. The van der Waals surface area contributed by atoms with Crippen molar-refractivity contribution in [2.24, 2.45) is 5.92 Å². The summed E-state index contributed by atoms with van der Waals surface area (Å²) in [7, 11) is 3.31. The molecule has 198 valence electrons. The molecule has 8 nitrogen and oxygen atoms in total. The molecule has 2 aromatic heterocycles. The lowest BCUT2D eigenvalue weighted by Crippen LogP contribution is -2.30. The molecule has 1 fully saturated rings. The van der Waals surface area contributed by atoms with Crippen LogP contribution in [-0.2, 0) is 13.1 Å². The van der Waals surface area contributed by atoms with Gasteiger partial charge in [-0.25, -0.2) is 9.97 Å². The van der Waals surface area contributed by atoms with Gasteiger partial charge in [0.2, 0.25) is 5.88 Å². The quantitative estimate of drug-likeness (QED) is 0.251. The lowest BCUT2D eigenvalue weighted by molar-refractivity contribution is 0.209. The van der Waals surface area contributed by atoms with E-state index >= 15 is 0 Å². The molecular weight excluding hydrogens is 478 g/mol. The second-order valence-electron chi connectivity index (χ2n) is 9.45. The second-order valence-corrected chi connectivity index (χ2v) is 9.45. The number of benzene rings is 2. The van der Waals surface area contributed by atoms with E-state index in [1.807, 2.05) is 54.9 Å². The van der Waals surface area contributed by atoms with Gasteiger partial charge in [-0.2, -0.15) is 0 Å². The highest BCUT2D eigenvalue weighted by molar-refractivity contribution is 5.99. The fourth-order valence-electron chi connectivity index (χ4n) is 4.77. The molecule has 1 aliphatic heterocycles. The predicted molar refractivity (Wildman–Crippen MR) is 151 cm³/mol. The Balaban J connectivity index is 1.25. The third-order valence-corrected chi connectivity index (χ3v) is 6.95. The number of hydrogen-bond acceptors (Lipinski definition) is 8. The van der Waals surface area contributed by atoms with E-state index in [2.05, 4.69) is 38.1 Å². The van der Waals surface area contributed by atoms with Gasteiger partial charge in [-0.05, 0) is 67.7 Å². The van der Waals surface area contributed by atoms with Crippen molar-refractivity contribution in [1.29, 1.82) is 0 Å². The van der Waals surface area contributed by atoms with Crippen molar-refractivity contribution in [3.63, 3.8) is 0 Å². The SMILES string of the molecule is COc1ccc(CNc2nccc3c(NCc4ccnc(OCC5CCNCC5)c4)cccc23)c(OC)c1. The molecule has 38 heavy (non-hydrogen) atoms. The van der Waals surface area contributed by atoms with Gasteiger partial charge in [-0.1, -0.05) is 12.1 Å². The van der Waals surface area contributed by atoms with Crippen molar-refractivity contribution in [3.8, 4) is 17.4 Å². The molecule has 0 amide bonds. The Bertz CT molecular complexity index is 1360. The Hall–Kier alpha value is -4.04. The zero-order valence-electron chi connectivity index (χ0n) is 22.0. The Morgan fingerprint density at radius 3 is 2.58 bits per heavy atom. The number of ether oxygens (including phenoxy) is 3. The first-order chi connectivity index (χ1) is 18.7. The molecule has 8 heteroatoms. The minimum atomic E-state index is 0.577. The van der Waals surface area contributed by atoms with Crippen LogP contribution < -0.4 is 30.2 Å². The van der Waals surface area contributed by atoms with Crippen molar-refractivity contribution >= 4 is 22.3 Å². The maximum atomic E-state index is 6.02.